The molecular weight excluding hydrogens is 1590 g/mol. The third kappa shape index (κ3) is 40.5. The zero-order valence-electron chi connectivity index (χ0n) is 67.3. The molecule has 28 nitrogen and oxygen atoms in total. The maximum atomic E-state index is 13.8. The Morgan fingerprint density at radius 1 is 0.635 bits per heavy atom. The predicted molar refractivity (Wildman–Crippen MR) is 452 cm³/mol. The number of nitrogens with two attached hydrogens (primary N) is 3. The second-order valence-corrected chi connectivity index (χ2v) is 27.0. The van der Waals surface area contributed by atoms with Crippen LogP contribution in [0.5, 0.6) is 0 Å². The maximum absolute atomic E-state index is 13.8. The molecule has 0 aliphatic carbocycles. The molecule has 6 aliphatic rings. The number of ketones is 5. The molecule has 0 bridgehead atoms. The Hall–Kier alpha value is -8.19. The number of fused-ring (bicyclic) bond motifs is 2. The number of carbonyl (C=O) groups is 11. The zero-order chi connectivity index (χ0) is 85.7. The van der Waals surface area contributed by atoms with Gasteiger partial charge in [0, 0.05) is 101 Å². The quantitative estimate of drug-likeness (QED) is 0.00565. The summed E-state index contributed by atoms with van der Waals surface area (Å²) >= 11 is 9.00. The van der Waals surface area contributed by atoms with E-state index in [2.05, 4.69) is 135 Å². The third-order valence-electron chi connectivity index (χ3n) is 16.6. The molecule has 115 heavy (non-hydrogen) atoms. The van der Waals surface area contributed by atoms with Crippen LogP contribution in [0.15, 0.2) is 158 Å². The number of nitrogens with zero attached hydrogens (tertiary/aromatic N) is 8. The number of hydrazone groups is 3. The number of aliphatic carboxylic acids is 1. The molecule has 33 heteroatoms. The number of unbranched alkanes of at least 4 members (excludes halogenated alkanes) is 4. The van der Waals surface area contributed by atoms with Gasteiger partial charge in [-0.15, -0.1) is 39.5 Å². The van der Waals surface area contributed by atoms with Crippen LogP contribution >= 0.6 is 27.5 Å². The average Bonchev–Trinajstić information content (AvgIpc) is 1.64. The molecule has 0 aromatic heterocycles. The van der Waals surface area contributed by atoms with Crippen LogP contribution in [0, 0.1) is 5.82 Å². The summed E-state index contributed by atoms with van der Waals surface area (Å²) in [6.07, 6.45) is 21.3. The monoisotopic (exact) mass is 1710 g/mol. The third-order valence-corrected chi connectivity index (χ3v) is 17.3. The van der Waals surface area contributed by atoms with Gasteiger partial charge in [0.05, 0.1) is 84.9 Å². The number of carbonyl (C=O) groups excluding carboxylic acids is 10. The number of benzene rings is 3. The van der Waals surface area contributed by atoms with Gasteiger partial charge in [0.2, 0.25) is 5.91 Å². The van der Waals surface area contributed by atoms with Crippen molar-refractivity contribution in [3.8, 4) is 0 Å². The fraction of sp³-hybridized carbons (Fsp3) is 0.439. The SMILES string of the molecule is C=CCCBr.C=CCCN.C=CCCN1C(=O)c2ccccc2C1=O.C=CCNC1CN(CC(=O)CCCCC)N=C1C(C)=O.C=CCNC1CN(CC(=O)CCCCC)N=C1C(C)=O.C=CCNC1CN(CC(=O)O)N=C1C(C)=O.C=Cc1cc(Cl)c(F)c(CNC(=O)[C@H]2C[C@H](F)CN2)c1.NN.O=C1[N-]C(=O)c2ccccc21.[K+]. The van der Waals surface area contributed by atoms with E-state index in [1.807, 2.05) is 6.08 Å². The van der Waals surface area contributed by atoms with Crippen LogP contribution in [-0.2, 0) is 40.1 Å². The topological polar surface area (TPSA) is 410 Å². The van der Waals surface area contributed by atoms with E-state index in [0.717, 1.165) is 63.2 Å². The van der Waals surface area contributed by atoms with E-state index in [1.165, 1.54) is 36.7 Å². The first-order valence-corrected chi connectivity index (χ1v) is 38.9. The molecule has 3 aromatic carbocycles. The Morgan fingerprint density at radius 3 is 1.37 bits per heavy atom. The van der Waals surface area contributed by atoms with Gasteiger partial charge in [-0.3, -0.25) is 74.8 Å². The Bertz CT molecular complexity index is 3700. The second kappa shape index (κ2) is 62.1. The largest absolute Gasteiger partial charge is 1.00 e. The van der Waals surface area contributed by atoms with Gasteiger partial charge in [0.1, 0.15) is 35.7 Å². The Labute approximate surface area is 731 Å². The van der Waals surface area contributed by atoms with Gasteiger partial charge in [-0.2, -0.15) is 15.3 Å². The van der Waals surface area contributed by atoms with Gasteiger partial charge in [-0.05, 0) is 68.5 Å². The van der Waals surface area contributed by atoms with Crippen molar-refractivity contribution >= 4 is 115 Å². The summed E-state index contributed by atoms with van der Waals surface area (Å²) in [5, 5.41) is 45.0. The fourth-order valence-electron chi connectivity index (χ4n) is 11.0. The number of halogens is 4. The van der Waals surface area contributed by atoms with Gasteiger partial charge in [0.15, 0.2) is 28.9 Å². The molecule has 12 N–H and O–H groups in total. The maximum Gasteiger partial charge on any atom is 1.00 e. The number of nitrogens with one attached hydrogen (secondary N) is 5. The number of rotatable bonds is 37. The predicted octanol–water partition coefficient (Wildman–Crippen LogP) is 6.51. The van der Waals surface area contributed by atoms with Crippen LogP contribution in [0.3, 0.4) is 0 Å². The molecule has 5 amide bonds. The standard InChI is InChI=1S/2C15H25N3O2.C14H15ClF2N2O.C12H11NO2.C10H15N3O3.C8H5NO2.C4H7Br.C4H9N.K.H4N2/c2*1-4-6-7-8-13(20)10-18-11-14(16-9-5-2)15(17-18)12(3)19;1-2-8-3-9(13(17)11(15)4-8)6-19-14(20)12-5-10(16)7-18-12;1-2-3-8-13-11(14)9-6-4-5-7-10(9)12(13)15;1-3-4-11-8-5-13(6-9(15)16)12-10(8)7(2)14;10-7-5-3-1-2-4-6(5)8(11)9-7;2*1-2-3-4-5;;1-2/h2*5,14,16H,2,4,6-11H2,1,3H3;2-4,10,12,18H,1,5-7H2,(H,19,20);2,4-7H,1,3,8H2;3,8,11H,1,4-6H2,2H3,(H,15,16);1-4H,(H,9,10,11);2H,1,3-4H2;2H,1,3-5H2;;1-2H2/q;;;;;;;;+1;/p-1/t;;10-,12+;;;;;;;/m..0......./s1. The second-order valence-electron chi connectivity index (χ2n) is 25.8. The van der Waals surface area contributed by atoms with E-state index in [1.54, 1.807) is 101 Å². The number of hydrogen-bond donors (Lipinski definition) is 9. The molecule has 1 fully saturated rings. The fourth-order valence-corrected chi connectivity index (χ4v) is 11.6. The number of alkyl halides is 2. The summed E-state index contributed by atoms with van der Waals surface area (Å²) in [7, 11) is 0. The Morgan fingerprint density at radius 2 is 1.04 bits per heavy atom. The summed E-state index contributed by atoms with van der Waals surface area (Å²) in [4.78, 5) is 127. The smallest absolute Gasteiger partial charge is 0.587 e. The first-order chi connectivity index (χ1) is 54.6. The van der Waals surface area contributed by atoms with Crippen LogP contribution in [0.25, 0.3) is 11.4 Å². The summed E-state index contributed by atoms with van der Waals surface area (Å²) in [5.74, 6) is 5.02. The number of hydrazine groups is 1. The zero-order valence-corrected chi connectivity index (χ0v) is 72.8. The van der Waals surface area contributed by atoms with Crippen LogP contribution in [0.4, 0.5) is 8.78 Å². The molecule has 0 spiro atoms. The number of carboxylic acid groups (broad SMARTS) is 1. The molecule has 6 aliphatic heterocycles. The van der Waals surface area contributed by atoms with Crippen LogP contribution in [0.2, 0.25) is 5.02 Å². The van der Waals surface area contributed by atoms with E-state index in [9.17, 15) is 61.5 Å². The van der Waals surface area contributed by atoms with E-state index in [4.69, 9.17) is 22.4 Å². The molecule has 3 unspecified atom stereocenters. The minimum Gasteiger partial charge on any atom is -0.587 e. The first kappa shape index (κ1) is 107. The number of hydrogen-bond acceptors (Lipinski definition) is 24. The minimum absolute atomic E-state index is 0. The van der Waals surface area contributed by atoms with Crippen molar-refractivity contribution < 1.29 is 118 Å². The van der Waals surface area contributed by atoms with Gasteiger partial charge < -0.3 is 52.3 Å². The minimum atomic E-state index is -1.01. The molecule has 9 rings (SSSR count). The average molecular weight is 1710 g/mol. The molecule has 6 heterocycles. The van der Waals surface area contributed by atoms with Crippen molar-refractivity contribution in [1.82, 2.24) is 46.5 Å². The number of Topliss-reactive ketones (excluding diaryl/α,β-unsaturated/α-hetero) is 5. The number of amides is 5. The van der Waals surface area contributed by atoms with Crippen molar-refractivity contribution in [2.45, 2.75) is 149 Å². The van der Waals surface area contributed by atoms with Gasteiger partial charge in [-0.1, -0.05) is 153 Å². The molecule has 1 saturated heterocycles. The van der Waals surface area contributed by atoms with E-state index in [0.29, 0.717) is 123 Å². The molecule has 0 saturated carbocycles. The van der Waals surface area contributed by atoms with Crippen LogP contribution in [0.1, 0.15) is 164 Å². The molecule has 624 valence electrons. The van der Waals surface area contributed by atoms with E-state index < -0.39 is 35.8 Å². The molecular formula is C82H115BrClF2KN16O12. The number of carboxylic acids is 1. The first-order valence-electron chi connectivity index (χ1n) is 37.4. The van der Waals surface area contributed by atoms with E-state index in [-0.39, 0.29) is 153 Å². The summed E-state index contributed by atoms with van der Waals surface area (Å²) in [6.45, 7) is 38.7. The van der Waals surface area contributed by atoms with Crippen molar-refractivity contribution in [2.75, 3.05) is 83.9 Å². The van der Waals surface area contributed by atoms with Crippen molar-refractivity contribution in [2.24, 2.45) is 32.7 Å². The van der Waals surface area contributed by atoms with Crippen molar-refractivity contribution in [1.29, 1.82) is 0 Å². The van der Waals surface area contributed by atoms with E-state index >= 15 is 0 Å². The molecule has 3 aromatic rings. The van der Waals surface area contributed by atoms with Gasteiger partial charge in [-0.25, -0.2) is 8.78 Å². The van der Waals surface area contributed by atoms with Gasteiger partial charge in [0.25, 0.3) is 11.8 Å². The van der Waals surface area contributed by atoms with Crippen LogP contribution in [-0.4, -0.2) is 221 Å². The Kier molecular flexibility index (Phi) is 57.7. The summed E-state index contributed by atoms with van der Waals surface area (Å²) in [5.41, 5.74) is 9.25. The van der Waals surface area contributed by atoms with Crippen molar-refractivity contribution in [3.05, 3.63) is 193 Å². The number of allylic oxidation sites excluding steroid dienone is 1. The van der Waals surface area contributed by atoms with Gasteiger partial charge >= 0.3 is 57.4 Å². The van der Waals surface area contributed by atoms with Crippen LogP contribution < -0.4 is 95.4 Å². The molecule has 0 radical (unpaired) electrons. The van der Waals surface area contributed by atoms with Crippen molar-refractivity contribution in [3.63, 3.8) is 0 Å². The number of imide groups is 2. The summed E-state index contributed by atoms with van der Waals surface area (Å²) in [6, 6.07) is 15.6. The Balaban J connectivity index is 0.00000132. The molecule has 5 atom stereocenters. The summed E-state index contributed by atoms with van der Waals surface area (Å²) < 4.78 is 26.8. The normalized spacial score (nSPS) is 16.7.